The van der Waals surface area contributed by atoms with Gasteiger partial charge >= 0.3 is 6.09 Å². The van der Waals surface area contributed by atoms with Crippen LogP contribution in [-0.2, 0) is 4.74 Å². The highest BCUT2D eigenvalue weighted by molar-refractivity contribution is 5.68. The summed E-state index contributed by atoms with van der Waals surface area (Å²) in [7, 11) is 0. The lowest BCUT2D eigenvalue weighted by molar-refractivity contribution is -0.00828. The smallest absolute Gasteiger partial charge is 0.410 e. The van der Waals surface area contributed by atoms with Crippen LogP contribution in [0.4, 0.5) is 4.79 Å². The first-order chi connectivity index (χ1) is 11.5. The molecule has 2 aliphatic rings. The number of rotatable bonds is 3. The average molecular weight is 354 g/mol. The molecule has 146 valence electrons. The summed E-state index contributed by atoms with van der Waals surface area (Å²) in [6.45, 7) is 21.1. The number of hydrogen-bond acceptors (Lipinski definition) is 4. The Hall–Kier alpha value is -0.810. The quantitative estimate of drug-likeness (QED) is 0.779. The van der Waals surface area contributed by atoms with Crippen molar-refractivity contribution in [3.05, 3.63) is 0 Å². The second kappa shape index (κ2) is 7.83. The summed E-state index contributed by atoms with van der Waals surface area (Å²) in [5, 5.41) is 0. The van der Waals surface area contributed by atoms with Crippen LogP contribution in [0.3, 0.4) is 0 Å². The Labute approximate surface area is 154 Å². The molecule has 0 aromatic carbocycles. The molecule has 2 heterocycles. The number of hydrogen-bond donors (Lipinski definition) is 0. The third kappa shape index (κ3) is 5.85. The minimum atomic E-state index is -0.421. The maximum Gasteiger partial charge on any atom is 0.410 e. The van der Waals surface area contributed by atoms with Crippen LogP contribution in [0.5, 0.6) is 0 Å². The van der Waals surface area contributed by atoms with Crippen molar-refractivity contribution in [2.24, 2.45) is 5.41 Å². The van der Waals surface area contributed by atoms with E-state index in [1.165, 1.54) is 25.9 Å². The number of ether oxygens (including phenoxy) is 1. The molecule has 0 saturated carbocycles. The van der Waals surface area contributed by atoms with E-state index in [1.807, 2.05) is 25.7 Å². The molecule has 0 bridgehead atoms. The summed E-state index contributed by atoms with van der Waals surface area (Å²) in [5.74, 6) is 0. The summed E-state index contributed by atoms with van der Waals surface area (Å²) < 4.78 is 5.53. The van der Waals surface area contributed by atoms with E-state index in [2.05, 4.69) is 37.5 Å². The van der Waals surface area contributed by atoms with Crippen LogP contribution in [0.1, 0.15) is 61.3 Å². The predicted octanol–water partition coefficient (Wildman–Crippen LogP) is 3.44. The number of nitrogens with zero attached hydrogens (tertiary/aromatic N) is 3. The van der Waals surface area contributed by atoms with E-state index in [1.54, 1.807) is 0 Å². The third-order valence-electron chi connectivity index (χ3n) is 5.74. The van der Waals surface area contributed by atoms with Crippen molar-refractivity contribution < 1.29 is 9.53 Å². The van der Waals surface area contributed by atoms with Gasteiger partial charge in [-0.2, -0.15) is 0 Å². The Kier molecular flexibility index (Phi) is 6.42. The van der Waals surface area contributed by atoms with Gasteiger partial charge in [0.2, 0.25) is 0 Å². The van der Waals surface area contributed by atoms with E-state index in [-0.39, 0.29) is 6.09 Å². The molecule has 1 amide bonds. The van der Waals surface area contributed by atoms with Gasteiger partial charge in [0, 0.05) is 38.3 Å². The van der Waals surface area contributed by atoms with Gasteiger partial charge in [-0.05, 0) is 72.9 Å². The lowest BCUT2D eigenvalue weighted by atomic mass is 9.79. The van der Waals surface area contributed by atoms with Crippen LogP contribution in [0.2, 0.25) is 0 Å². The minimum absolute atomic E-state index is 0.171. The van der Waals surface area contributed by atoms with Gasteiger partial charge in [-0.25, -0.2) is 4.79 Å². The summed E-state index contributed by atoms with van der Waals surface area (Å²) in [4.78, 5) is 19.3. The first-order valence-corrected chi connectivity index (χ1v) is 9.95. The van der Waals surface area contributed by atoms with Crippen LogP contribution in [0.15, 0.2) is 0 Å². The highest BCUT2D eigenvalue weighted by Crippen LogP contribution is 2.33. The van der Waals surface area contributed by atoms with Crippen LogP contribution in [-0.4, -0.2) is 77.7 Å². The first kappa shape index (κ1) is 20.5. The fraction of sp³-hybridized carbons (Fsp3) is 0.950. The van der Waals surface area contributed by atoms with Gasteiger partial charge in [-0.1, -0.05) is 6.92 Å². The Morgan fingerprint density at radius 1 is 1.16 bits per heavy atom. The largest absolute Gasteiger partial charge is 0.444 e. The molecule has 0 aromatic heterocycles. The second-order valence-corrected chi connectivity index (χ2v) is 9.69. The third-order valence-corrected chi connectivity index (χ3v) is 5.74. The molecular formula is C20H39N3O2. The van der Waals surface area contributed by atoms with Gasteiger partial charge in [-0.15, -0.1) is 0 Å². The average Bonchev–Trinajstić information content (AvgIpc) is 2.48. The lowest BCUT2D eigenvalue weighted by Crippen LogP contribution is -2.57. The predicted molar refractivity (Wildman–Crippen MR) is 103 cm³/mol. The molecule has 0 N–H and O–H groups in total. The monoisotopic (exact) mass is 353 g/mol. The van der Waals surface area contributed by atoms with E-state index in [0.717, 1.165) is 26.2 Å². The van der Waals surface area contributed by atoms with Crippen molar-refractivity contribution in [3.63, 3.8) is 0 Å². The molecule has 0 radical (unpaired) electrons. The summed E-state index contributed by atoms with van der Waals surface area (Å²) in [6, 6.07) is 1.04. The molecule has 1 atom stereocenters. The van der Waals surface area contributed by atoms with Gasteiger partial charge in [0.15, 0.2) is 0 Å². The zero-order valence-electron chi connectivity index (χ0n) is 17.5. The fourth-order valence-corrected chi connectivity index (χ4v) is 3.95. The zero-order chi connectivity index (χ0) is 18.8. The standard InChI is InChI=1S/C20H39N3O2/c1-16(2)21-10-8-20(7,9-11-21)15-23-13-12-22(14-17(23)3)18(24)25-19(4,5)6/h16-17H,8-15H2,1-7H3. The Morgan fingerprint density at radius 2 is 1.76 bits per heavy atom. The molecule has 5 heteroatoms. The van der Waals surface area contributed by atoms with Crippen molar-refractivity contribution in [1.82, 2.24) is 14.7 Å². The fourth-order valence-electron chi connectivity index (χ4n) is 3.95. The van der Waals surface area contributed by atoms with Gasteiger partial charge < -0.3 is 14.5 Å². The summed E-state index contributed by atoms with van der Waals surface area (Å²) >= 11 is 0. The second-order valence-electron chi connectivity index (χ2n) is 9.69. The normalized spacial score (nSPS) is 26.1. The van der Waals surface area contributed by atoms with Crippen LogP contribution >= 0.6 is 0 Å². The Balaban J connectivity index is 1.84. The van der Waals surface area contributed by atoms with Crippen molar-refractivity contribution in [3.8, 4) is 0 Å². The highest BCUT2D eigenvalue weighted by Gasteiger charge is 2.36. The molecule has 5 nitrogen and oxygen atoms in total. The van der Waals surface area contributed by atoms with Crippen LogP contribution in [0.25, 0.3) is 0 Å². The molecule has 1 unspecified atom stereocenters. The Bertz CT molecular complexity index is 450. The van der Waals surface area contributed by atoms with E-state index in [4.69, 9.17) is 4.74 Å². The number of likely N-dealkylation sites (tertiary alicyclic amines) is 1. The van der Waals surface area contributed by atoms with Gasteiger partial charge in [0.05, 0.1) is 0 Å². The zero-order valence-corrected chi connectivity index (χ0v) is 17.5. The van der Waals surface area contributed by atoms with Crippen molar-refractivity contribution in [1.29, 1.82) is 0 Å². The molecule has 0 spiro atoms. The van der Waals surface area contributed by atoms with Crippen LogP contribution < -0.4 is 0 Å². The first-order valence-electron chi connectivity index (χ1n) is 9.95. The van der Waals surface area contributed by atoms with E-state index < -0.39 is 5.60 Å². The number of amides is 1. The molecule has 2 saturated heterocycles. The minimum Gasteiger partial charge on any atom is -0.444 e. The van der Waals surface area contributed by atoms with Crippen molar-refractivity contribution >= 4 is 6.09 Å². The highest BCUT2D eigenvalue weighted by atomic mass is 16.6. The molecule has 2 rings (SSSR count). The number of piperazine rings is 1. The van der Waals surface area contributed by atoms with Crippen molar-refractivity contribution in [2.75, 3.05) is 39.3 Å². The molecule has 0 aromatic rings. The number of piperidine rings is 1. The lowest BCUT2D eigenvalue weighted by Gasteiger charge is -2.47. The van der Waals surface area contributed by atoms with Gasteiger partial charge in [0.25, 0.3) is 0 Å². The van der Waals surface area contributed by atoms with Crippen molar-refractivity contribution in [2.45, 2.75) is 79.0 Å². The summed E-state index contributed by atoms with van der Waals surface area (Å²) in [6.07, 6.45) is 2.37. The maximum absolute atomic E-state index is 12.3. The molecular weight excluding hydrogens is 314 g/mol. The topological polar surface area (TPSA) is 36.0 Å². The molecule has 2 fully saturated rings. The van der Waals surface area contributed by atoms with E-state index >= 15 is 0 Å². The van der Waals surface area contributed by atoms with E-state index in [0.29, 0.717) is 17.5 Å². The number of carbonyl (C=O) groups is 1. The Morgan fingerprint density at radius 3 is 2.24 bits per heavy atom. The maximum atomic E-state index is 12.3. The van der Waals surface area contributed by atoms with Crippen LogP contribution in [0, 0.1) is 5.41 Å². The molecule has 0 aliphatic carbocycles. The molecule has 2 aliphatic heterocycles. The number of carbonyl (C=O) groups excluding carboxylic acids is 1. The molecule has 25 heavy (non-hydrogen) atoms. The summed E-state index contributed by atoms with van der Waals surface area (Å²) in [5.41, 5.74) is -0.0247. The van der Waals surface area contributed by atoms with Gasteiger partial charge in [-0.3, -0.25) is 4.90 Å². The SMILES string of the molecule is CC(C)N1CCC(C)(CN2CCN(C(=O)OC(C)(C)C)CC2C)CC1. The van der Waals surface area contributed by atoms with E-state index in [9.17, 15) is 4.79 Å². The van der Waals surface area contributed by atoms with Gasteiger partial charge in [0.1, 0.15) is 5.60 Å².